The maximum atomic E-state index is 12.7. The fourth-order valence-electron chi connectivity index (χ4n) is 1.51. The van der Waals surface area contributed by atoms with Crippen molar-refractivity contribution in [1.29, 1.82) is 0 Å². The van der Waals surface area contributed by atoms with Crippen molar-refractivity contribution in [2.75, 3.05) is 5.32 Å². The van der Waals surface area contributed by atoms with Gasteiger partial charge in [-0.2, -0.15) is 13.2 Å². The molecule has 1 aromatic carbocycles. The first-order valence-electron chi connectivity index (χ1n) is 5.83. The van der Waals surface area contributed by atoms with Crippen LogP contribution in [-0.2, 0) is 15.8 Å². The zero-order valence-electron chi connectivity index (χ0n) is 11.2. The molecule has 116 valence electrons. The van der Waals surface area contributed by atoms with Gasteiger partial charge >= 0.3 is 12.1 Å². The third-order valence-corrected chi connectivity index (χ3v) is 3.15. The largest absolute Gasteiger partial charge is 0.481 e. The highest BCUT2D eigenvalue weighted by atomic mass is 79.9. The van der Waals surface area contributed by atoms with E-state index < -0.39 is 29.0 Å². The molecule has 8 heteroatoms. The number of alkyl halides is 3. The van der Waals surface area contributed by atoms with Gasteiger partial charge in [0.1, 0.15) is 0 Å². The second kappa shape index (κ2) is 6.05. The van der Waals surface area contributed by atoms with Crippen molar-refractivity contribution in [3.05, 3.63) is 28.2 Å². The van der Waals surface area contributed by atoms with Crippen LogP contribution in [0.2, 0.25) is 0 Å². The molecular weight excluding hydrogens is 355 g/mol. The number of anilines is 1. The van der Waals surface area contributed by atoms with Crippen LogP contribution in [-0.4, -0.2) is 17.0 Å². The van der Waals surface area contributed by atoms with Crippen LogP contribution in [0.5, 0.6) is 0 Å². The Morgan fingerprint density at radius 2 is 1.81 bits per heavy atom. The topological polar surface area (TPSA) is 66.4 Å². The zero-order valence-corrected chi connectivity index (χ0v) is 12.8. The standard InChI is InChI=1S/C13H13BrF3NO3/c1-12(2,11(20)21)6-10(19)18-9-4-7(13(15,16)17)3-8(14)5-9/h3-5H,6H2,1-2H3,(H,18,19)(H,20,21). The summed E-state index contributed by atoms with van der Waals surface area (Å²) in [7, 11) is 0. The number of benzene rings is 1. The van der Waals surface area contributed by atoms with Crippen LogP contribution < -0.4 is 5.32 Å². The average molecular weight is 368 g/mol. The maximum absolute atomic E-state index is 12.7. The summed E-state index contributed by atoms with van der Waals surface area (Å²) in [5.41, 5.74) is -2.27. The first kappa shape index (κ1) is 17.5. The zero-order chi connectivity index (χ0) is 16.4. The van der Waals surface area contributed by atoms with E-state index in [-0.39, 0.29) is 16.6 Å². The van der Waals surface area contributed by atoms with Gasteiger partial charge in [-0.25, -0.2) is 0 Å². The number of amides is 1. The molecule has 0 aliphatic rings. The van der Waals surface area contributed by atoms with E-state index in [1.807, 2.05) is 0 Å². The number of carbonyl (C=O) groups is 2. The number of hydrogen-bond donors (Lipinski definition) is 2. The maximum Gasteiger partial charge on any atom is 0.416 e. The summed E-state index contributed by atoms with van der Waals surface area (Å²) in [6.45, 7) is 2.72. The van der Waals surface area contributed by atoms with Crippen LogP contribution in [0.1, 0.15) is 25.8 Å². The third kappa shape index (κ3) is 5.04. The van der Waals surface area contributed by atoms with Gasteiger partial charge in [-0.1, -0.05) is 15.9 Å². The van der Waals surface area contributed by atoms with Crippen molar-refractivity contribution in [3.63, 3.8) is 0 Å². The second-order valence-electron chi connectivity index (χ2n) is 5.14. The SMILES string of the molecule is CC(C)(CC(=O)Nc1cc(Br)cc(C(F)(F)F)c1)C(=O)O. The summed E-state index contributed by atoms with van der Waals surface area (Å²) in [5, 5.41) is 11.2. The molecular formula is C13H13BrF3NO3. The molecule has 0 radical (unpaired) electrons. The van der Waals surface area contributed by atoms with Crippen LogP contribution in [0.4, 0.5) is 18.9 Å². The summed E-state index contributed by atoms with van der Waals surface area (Å²) >= 11 is 2.93. The van der Waals surface area contributed by atoms with Gasteiger partial charge in [0.2, 0.25) is 5.91 Å². The number of carbonyl (C=O) groups excluding carboxylic acids is 1. The third-order valence-electron chi connectivity index (χ3n) is 2.69. The van der Waals surface area contributed by atoms with Crippen LogP contribution in [0.3, 0.4) is 0 Å². The molecule has 1 aromatic rings. The molecule has 0 fully saturated rings. The lowest BCUT2D eigenvalue weighted by atomic mass is 9.89. The minimum absolute atomic E-state index is 0.0529. The van der Waals surface area contributed by atoms with E-state index in [0.29, 0.717) is 0 Å². The summed E-state index contributed by atoms with van der Waals surface area (Å²) < 4.78 is 38.1. The Kier molecular flexibility index (Phi) is 5.03. The molecule has 0 aliphatic carbocycles. The van der Waals surface area contributed by atoms with E-state index in [0.717, 1.165) is 12.1 Å². The second-order valence-corrected chi connectivity index (χ2v) is 6.06. The lowest BCUT2D eigenvalue weighted by molar-refractivity contribution is -0.149. The Morgan fingerprint density at radius 3 is 2.29 bits per heavy atom. The van der Waals surface area contributed by atoms with Crippen molar-refractivity contribution < 1.29 is 27.9 Å². The van der Waals surface area contributed by atoms with Crippen molar-refractivity contribution in [3.8, 4) is 0 Å². The van der Waals surface area contributed by atoms with Crippen molar-refractivity contribution in [1.82, 2.24) is 0 Å². The number of hydrogen-bond acceptors (Lipinski definition) is 2. The molecule has 0 atom stereocenters. The van der Waals surface area contributed by atoms with Gasteiger partial charge in [-0.15, -0.1) is 0 Å². The molecule has 2 N–H and O–H groups in total. The molecule has 0 heterocycles. The highest BCUT2D eigenvalue weighted by molar-refractivity contribution is 9.10. The van der Waals surface area contributed by atoms with E-state index in [1.54, 1.807) is 0 Å². The first-order valence-corrected chi connectivity index (χ1v) is 6.62. The van der Waals surface area contributed by atoms with Crippen LogP contribution in [0, 0.1) is 5.41 Å². The van der Waals surface area contributed by atoms with E-state index in [2.05, 4.69) is 21.2 Å². The van der Waals surface area contributed by atoms with Gasteiger partial charge in [0, 0.05) is 16.6 Å². The molecule has 0 bridgehead atoms. The molecule has 21 heavy (non-hydrogen) atoms. The monoisotopic (exact) mass is 367 g/mol. The Morgan fingerprint density at radius 1 is 1.24 bits per heavy atom. The van der Waals surface area contributed by atoms with Crippen LogP contribution >= 0.6 is 15.9 Å². The number of aliphatic carboxylic acids is 1. The predicted molar refractivity (Wildman–Crippen MR) is 73.8 cm³/mol. The lowest BCUT2D eigenvalue weighted by Gasteiger charge is -2.18. The van der Waals surface area contributed by atoms with Crippen LogP contribution in [0.15, 0.2) is 22.7 Å². The van der Waals surface area contributed by atoms with Gasteiger partial charge < -0.3 is 10.4 Å². The van der Waals surface area contributed by atoms with E-state index in [4.69, 9.17) is 5.11 Å². The van der Waals surface area contributed by atoms with Crippen LogP contribution in [0.25, 0.3) is 0 Å². The summed E-state index contributed by atoms with van der Waals surface area (Å²) in [5.74, 6) is -1.84. The Balaban J connectivity index is 2.91. The highest BCUT2D eigenvalue weighted by Crippen LogP contribution is 2.33. The van der Waals surface area contributed by atoms with Crippen molar-refractivity contribution >= 4 is 33.5 Å². The average Bonchev–Trinajstić information content (AvgIpc) is 2.25. The normalized spacial score (nSPS) is 12.1. The minimum atomic E-state index is -4.54. The van der Waals surface area contributed by atoms with Crippen molar-refractivity contribution in [2.24, 2.45) is 5.41 Å². The minimum Gasteiger partial charge on any atom is -0.481 e. The van der Waals surface area contributed by atoms with Gasteiger partial charge in [-0.05, 0) is 32.0 Å². The summed E-state index contributed by atoms with van der Waals surface area (Å²) in [6.07, 6.45) is -4.89. The van der Waals surface area contributed by atoms with Gasteiger partial charge in [-0.3, -0.25) is 9.59 Å². The van der Waals surface area contributed by atoms with Gasteiger partial charge in [0.15, 0.2) is 0 Å². The Bertz CT molecular complexity index is 570. The van der Waals surface area contributed by atoms with Crippen molar-refractivity contribution in [2.45, 2.75) is 26.4 Å². The molecule has 1 rings (SSSR count). The number of rotatable bonds is 4. The number of carboxylic acid groups (broad SMARTS) is 1. The highest BCUT2D eigenvalue weighted by Gasteiger charge is 2.32. The number of nitrogens with one attached hydrogen (secondary N) is 1. The number of halogens is 4. The smallest absolute Gasteiger partial charge is 0.416 e. The summed E-state index contributed by atoms with van der Waals surface area (Å²) in [4.78, 5) is 22.6. The molecule has 4 nitrogen and oxygen atoms in total. The molecule has 0 unspecified atom stereocenters. The predicted octanol–water partition coefficient (Wildman–Crippen LogP) is 3.91. The lowest BCUT2D eigenvalue weighted by Crippen LogP contribution is -2.29. The molecule has 1 amide bonds. The van der Waals surface area contributed by atoms with E-state index in [9.17, 15) is 22.8 Å². The quantitative estimate of drug-likeness (QED) is 0.847. The van der Waals surface area contributed by atoms with Gasteiger partial charge in [0.25, 0.3) is 0 Å². The first-order chi connectivity index (χ1) is 9.41. The molecule has 0 saturated carbocycles. The Labute approximate surface area is 127 Å². The fraction of sp³-hybridized carbons (Fsp3) is 0.385. The van der Waals surface area contributed by atoms with E-state index in [1.165, 1.54) is 19.9 Å². The molecule has 0 aromatic heterocycles. The number of carboxylic acids is 1. The molecule has 0 spiro atoms. The molecule has 0 saturated heterocycles. The fourth-order valence-corrected chi connectivity index (χ4v) is 2.00. The molecule has 0 aliphatic heterocycles. The van der Waals surface area contributed by atoms with E-state index >= 15 is 0 Å². The summed E-state index contributed by atoms with van der Waals surface area (Å²) in [6, 6.07) is 2.98. The Hall–Kier alpha value is -1.57. The van der Waals surface area contributed by atoms with Gasteiger partial charge in [0.05, 0.1) is 11.0 Å².